The lowest BCUT2D eigenvalue weighted by atomic mass is 10.0. The average molecular weight is 396 g/mol. The fourth-order valence-electron chi connectivity index (χ4n) is 2.52. The number of nitrogens with one attached hydrogen (secondary N) is 1. The lowest BCUT2D eigenvalue weighted by Crippen LogP contribution is -2.24. The van der Waals surface area contributed by atoms with Crippen LogP contribution in [0, 0.1) is 12.7 Å². The van der Waals surface area contributed by atoms with Gasteiger partial charge in [0.1, 0.15) is 11.7 Å². The predicted molar refractivity (Wildman–Crippen MR) is 98.4 cm³/mol. The molecule has 150 valence electrons. The van der Waals surface area contributed by atoms with Gasteiger partial charge in [0, 0.05) is 12.0 Å². The highest BCUT2D eigenvalue weighted by Crippen LogP contribution is 2.31. The molecule has 5 N–H and O–H groups in total. The van der Waals surface area contributed by atoms with Gasteiger partial charge in [-0.1, -0.05) is 30.3 Å². The third kappa shape index (κ3) is 5.01. The Morgan fingerprint density at radius 2 is 1.79 bits per heavy atom. The molecule has 0 saturated carbocycles. The van der Waals surface area contributed by atoms with Crippen LogP contribution in [0.1, 0.15) is 22.3 Å². The largest absolute Gasteiger partial charge is 0.417 e. The van der Waals surface area contributed by atoms with Crippen LogP contribution in [0.2, 0.25) is 0 Å². The molecule has 0 saturated heterocycles. The van der Waals surface area contributed by atoms with Gasteiger partial charge in [0.05, 0.1) is 18.4 Å². The maximum atomic E-state index is 13.7. The van der Waals surface area contributed by atoms with Gasteiger partial charge in [-0.15, -0.1) is 0 Å². The van der Waals surface area contributed by atoms with E-state index in [-0.39, 0.29) is 23.5 Å². The summed E-state index contributed by atoms with van der Waals surface area (Å²) in [5.74, 6) is -0.860. The van der Waals surface area contributed by atoms with E-state index in [4.69, 9.17) is 16.3 Å². The van der Waals surface area contributed by atoms with Crippen molar-refractivity contribution in [1.29, 1.82) is 0 Å². The Kier molecular flexibility index (Phi) is 6.63. The first-order chi connectivity index (χ1) is 13.1. The van der Waals surface area contributed by atoms with Gasteiger partial charge in [0.2, 0.25) is 0 Å². The van der Waals surface area contributed by atoms with Crippen LogP contribution < -0.4 is 16.9 Å². The standard InChI is InChI=1S/C19H20F4N4O/c1-11-12(6-5-9-15(11)20)10-16(24)18(27-28-2)26-17(25)13-7-3-4-8-14(13)19(21,22)23/h3-9,27H,10,24H2,1-2H3,(H2,25,26)/b18-16-. The van der Waals surface area contributed by atoms with E-state index in [0.29, 0.717) is 11.1 Å². The van der Waals surface area contributed by atoms with E-state index in [1.165, 1.54) is 37.4 Å². The minimum absolute atomic E-state index is 0.0689. The van der Waals surface area contributed by atoms with Crippen LogP contribution in [0.5, 0.6) is 0 Å². The molecule has 0 aliphatic carbocycles. The van der Waals surface area contributed by atoms with Gasteiger partial charge in [-0.2, -0.15) is 13.2 Å². The van der Waals surface area contributed by atoms with Gasteiger partial charge >= 0.3 is 6.18 Å². The molecule has 0 aliphatic rings. The van der Waals surface area contributed by atoms with E-state index in [2.05, 4.69) is 10.5 Å². The summed E-state index contributed by atoms with van der Waals surface area (Å²) in [7, 11) is 1.29. The van der Waals surface area contributed by atoms with Gasteiger partial charge in [-0.05, 0) is 30.2 Å². The van der Waals surface area contributed by atoms with Crippen LogP contribution in [0.4, 0.5) is 17.6 Å². The molecule has 0 atom stereocenters. The lowest BCUT2D eigenvalue weighted by molar-refractivity contribution is -0.137. The second kappa shape index (κ2) is 8.75. The highest BCUT2D eigenvalue weighted by molar-refractivity contribution is 5.99. The molecule has 0 aliphatic heterocycles. The molecule has 2 rings (SSSR count). The average Bonchev–Trinajstić information content (AvgIpc) is 2.64. The first-order valence-electron chi connectivity index (χ1n) is 8.17. The summed E-state index contributed by atoms with van der Waals surface area (Å²) in [6.45, 7) is 1.60. The van der Waals surface area contributed by atoms with Crippen molar-refractivity contribution < 1.29 is 22.4 Å². The second-order valence-corrected chi connectivity index (χ2v) is 5.92. The minimum atomic E-state index is -4.60. The maximum Gasteiger partial charge on any atom is 0.417 e. The topological polar surface area (TPSA) is 85.7 Å². The Labute approximate surface area is 159 Å². The molecule has 0 amide bonds. The van der Waals surface area contributed by atoms with E-state index < -0.39 is 23.4 Å². The van der Waals surface area contributed by atoms with E-state index in [1.54, 1.807) is 13.0 Å². The molecule has 2 aromatic rings. The molecule has 0 heterocycles. The van der Waals surface area contributed by atoms with Crippen molar-refractivity contribution >= 4 is 5.84 Å². The normalized spacial score (nSPS) is 13.3. The number of nitrogens with two attached hydrogens (primary N) is 2. The summed E-state index contributed by atoms with van der Waals surface area (Å²) >= 11 is 0. The summed E-state index contributed by atoms with van der Waals surface area (Å²) in [6.07, 6.45) is -4.51. The lowest BCUT2D eigenvalue weighted by Gasteiger charge is -2.14. The number of hydroxylamine groups is 1. The number of hydrogen-bond donors (Lipinski definition) is 3. The van der Waals surface area contributed by atoms with E-state index >= 15 is 0 Å². The number of benzene rings is 2. The molecule has 5 nitrogen and oxygen atoms in total. The van der Waals surface area contributed by atoms with Crippen LogP contribution in [-0.4, -0.2) is 12.9 Å². The van der Waals surface area contributed by atoms with Gasteiger partial charge in [0.15, 0.2) is 5.82 Å². The Morgan fingerprint density at radius 1 is 1.11 bits per heavy atom. The third-order valence-corrected chi connectivity index (χ3v) is 4.00. The van der Waals surface area contributed by atoms with Crippen molar-refractivity contribution in [2.45, 2.75) is 19.5 Å². The fraction of sp³-hybridized carbons (Fsp3) is 0.211. The first-order valence-corrected chi connectivity index (χ1v) is 8.17. The number of rotatable bonds is 6. The number of allylic oxidation sites excluding steroid dienone is 1. The van der Waals surface area contributed by atoms with Crippen LogP contribution >= 0.6 is 0 Å². The van der Waals surface area contributed by atoms with Crippen LogP contribution in [0.15, 0.2) is 59.0 Å². The highest BCUT2D eigenvalue weighted by atomic mass is 19.4. The molecule has 28 heavy (non-hydrogen) atoms. The number of aliphatic imine (C=N–C) groups is 1. The number of nitrogens with zero attached hydrogens (tertiary/aromatic N) is 1. The van der Waals surface area contributed by atoms with Gasteiger partial charge < -0.3 is 11.5 Å². The van der Waals surface area contributed by atoms with Crippen molar-refractivity contribution in [3.05, 3.63) is 82.1 Å². The minimum Gasteiger partial charge on any atom is -0.399 e. The summed E-state index contributed by atoms with van der Waals surface area (Å²) < 4.78 is 53.3. The molecule has 0 unspecified atom stereocenters. The molecule has 0 aromatic heterocycles. The second-order valence-electron chi connectivity index (χ2n) is 5.92. The third-order valence-electron chi connectivity index (χ3n) is 4.00. The molecule has 2 aromatic carbocycles. The molecular weight excluding hydrogens is 376 g/mol. The summed E-state index contributed by atoms with van der Waals surface area (Å²) in [5, 5.41) is 0. The maximum absolute atomic E-state index is 13.7. The molecule has 0 spiro atoms. The fourth-order valence-corrected chi connectivity index (χ4v) is 2.52. The first kappa shape index (κ1) is 21.2. The zero-order chi connectivity index (χ0) is 20.9. The summed E-state index contributed by atoms with van der Waals surface area (Å²) in [4.78, 5) is 8.78. The smallest absolute Gasteiger partial charge is 0.399 e. The van der Waals surface area contributed by atoms with Crippen molar-refractivity contribution in [2.24, 2.45) is 16.5 Å². The van der Waals surface area contributed by atoms with Crippen LogP contribution in [-0.2, 0) is 17.4 Å². The molecule has 9 heteroatoms. The van der Waals surface area contributed by atoms with Crippen molar-refractivity contribution in [3.63, 3.8) is 0 Å². The molecular formula is C19H20F4N4O. The molecule has 0 fully saturated rings. The Hall–Kier alpha value is -3.07. The van der Waals surface area contributed by atoms with Gasteiger partial charge in [-0.25, -0.2) is 14.9 Å². The van der Waals surface area contributed by atoms with Gasteiger partial charge in [0.25, 0.3) is 0 Å². The SMILES string of the molecule is CONC(/N=C(\N)c1ccccc1C(F)(F)F)=C(\N)Cc1cccc(F)c1C. The number of hydrogen-bond acceptors (Lipinski definition) is 4. The van der Waals surface area contributed by atoms with E-state index in [0.717, 1.165) is 6.07 Å². The number of halogens is 4. The van der Waals surface area contributed by atoms with Crippen molar-refractivity contribution in [2.75, 3.05) is 7.11 Å². The predicted octanol–water partition coefficient (Wildman–Crippen LogP) is 3.38. The van der Waals surface area contributed by atoms with Crippen LogP contribution in [0.25, 0.3) is 0 Å². The quantitative estimate of drug-likeness (QED) is 0.302. The highest BCUT2D eigenvalue weighted by Gasteiger charge is 2.33. The van der Waals surface area contributed by atoms with E-state index in [9.17, 15) is 17.6 Å². The number of alkyl halides is 3. The summed E-state index contributed by atoms with van der Waals surface area (Å²) in [6, 6.07) is 9.32. The van der Waals surface area contributed by atoms with Gasteiger partial charge in [-0.3, -0.25) is 4.84 Å². The zero-order valence-corrected chi connectivity index (χ0v) is 15.3. The van der Waals surface area contributed by atoms with Crippen LogP contribution in [0.3, 0.4) is 0 Å². The summed E-state index contributed by atoms with van der Waals surface area (Å²) in [5.41, 5.74) is 14.2. The number of amidine groups is 1. The molecule has 0 bridgehead atoms. The Morgan fingerprint density at radius 3 is 2.43 bits per heavy atom. The Bertz CT molecular complexity index is 907. The zero-order valence-electron chi connectivity index (χ0n) is 15.3. The Balaban J connectivity index is 2.46. The van der Waals surface area contributed by atoms with Crippen molar-refractivity contribution in [1.82, 2.24) is 5.48 Å². The van der Waals surface area contributed by atoms with Crippen molar-refractivity contribution in [3.8, 4) is 0 Å². The van der Waals surface area contributed by atoms with E-state index in [1.807, 2.05) is 0 Å². The monoisotopic (exact) mass is 396 g/mol. The molecule has 0 radical (unpaired) electrons.